The molecule has 10 nitrogen and oxygen atoms in total. The largest absolute Gasteiger partial charge is 0.350 e. The van der Waals surface area contributed by atoms with Gasteiger partial charge in [0.2, 0.25) is 11.8 Å². The number of hydrogen-bond donors (Lipinski definition) is 4. The van der Waals surface area contributed by atoms with Gasteiger partial charge in [-0.1, -0.05) is 52.0 Å². The van der Waals surface area contributed by atoms with Crippen molar-refractivity contribution in [2.24, 2.45) is 11.8 Å². The van der Waals surface area contributed by atoms with Gasteiger partial charge in [0, 0.05) is 49.0 Å². The van der Waals surface area contributed by atoms with Crippen LogP contribution in [0.3, 0.4) is 0 Å². The van der Waals surface area contributed by atoms with Gasteiger partial charge >= 0.3 is 0 Å². The summed E-state index contributed by atoms with van der Waals surface area (Å²) >= 11 is 0. The molecule has 0 aliphatic carbocycles. The number of carbonyl (C=O) groups excluding carboxylic acids is 4. The Hall–Kier alpha value is -4.60. The first-order valence-corrected chi connectivity index (χ1v) is 13.2. The lowest BCUT2D eigenvalue weighted by Gasteiger charge is -2.22. The molecule has 2 heterocycles. The molecule has 10 heteroatoms. The first-order valence-electron chi connectivity index (χ1n) is 13.2. The average molecular weight is 545 g/mol. The van der Waals surface area contributed by atoms with Gasteiger partial charge in [0.05, 0.1) is 0 Å². The third kappa shape index (κ3) is 8.72. The van der Waals surface area contributed by atoms with E-state index in [0.717, 1.165) is 11.1 Å². The Morgan fingerprint density at radius 2 is 0.900 bits per heavy atom. The summed E-state index contributed by atoms with van der Waals surface area (Å²) in [7, 11) is 0. The lowest BCUT2D eigenvalue weighted by Crippen LogP contribution is -2.49. The predicted molar refractivity (Wildman–Crippen MR) is 151 cm³/mol. The molecule has 1 aromatic carbocycles. The van der Waals surface area contributed by atoms with Gasteiger partial charge in [-0.05, 0) is 47.2 Å². The molecule has 0 saturated carbocycles. The lowest BCUT2D eigenvalue weighted by molar-refractivity contribution is -0.124. The second kappa shape index (κ2) is 14.5. The maximum absolute atomic E-state index is 12.8. The van der Waals surface area contributed by atoms with E-state index in [1.807, 2.05) is 52.0 Å². The van der Waals surface area contributed by atoms with Crippen LogP contribution in [0.1, 0.15) is 59.5 Å². The second-order valence-corrected chi connectivity index (χ2v) is 10.1. The fourth-order valence-electron chi connectivity index (χ4n) is 3.90. The fourth-order valence-corrected chi connectivity index (χ4v) is 3.90. The van der Waals surface area contributed by atoms with Gasteiger partial charge in [0.1, 0.15) is 12.1 Å². The molecule has 0 radical (unpaired) electrons. The molecule has 0 bridgehead atoms. The molecule has 210 valence electrons. The monoisotopic (exact) mass is 544 g/mol. The maximum atomic E-state index is 12.8. The smallest absolute Gasteiger partial charge is 0.252 e. The molecule has 0 aliphatic rings. The summed E-state index contributed by atoms with van der Waals surface area (Å²) < 4.78 is 0. The second-order valence-electron chi connectivity index (χ2n) is 10.1. The van der Waals surface area contributed by atoms with Gasteiger partial charge in [0.25, 0.3) is 11.8 Å². The summed E-state index contributed by atoms with van der Waals surface area (Å²) in [5, 5.41) is 11.4. The molecule has 40 heavy (non-hydrogen) atoms. The number of hydrogen-bond acceptors (Lipinski definition) is 6. The molecule has 3 rings (SSSR count). The normalized spacial score (nSPS) is 12.3. The van der Waals surface area contributed by atoms with E-state index < -0.39 is 12.1 Å². The molecule has 4 amide bonds. The first kappa shape index (κ1) is 29.9. The molecular formula is C30H36N6O4. The van der Waals surface area contributed by atoms with E-state index in [2.05, 4.69) is 31.2 Å². The third-order valence-electron chi connectivity index (χ3n) is 6.31. The van der Waals surface area contributed by atoms with E-state index >= 15 is 0 Å². The van der Waals surface area contributed by atoms with Gasteiger partial charge in [-0.3, -0.25) is 29.1 Å². The molecule has 3 aromatic rings. The van der Waals surface area contributed by atoms with Crippen LogP contribution in [0, 0.1) is 11.8 Å². The fraction of sp³-hybridized carbons (Fsp3) is 0.333. The quantitative estimate of drug-likeness (QED) is 0.276. The lowest BCUT2D eigenvalue weighted by atomic mass is 10.0. The molecular weight excluding hydrogens is 508 g/mol. The average Bonchev–Trinajstić information content (AvgIpc) is 2.97. The highest BCUT2D eigenvalue weighted by atomic mass is 16.2. The number of nitrogens with zero attached hydrogens (tertiary/aromatic N) is 2. The van der Waals surface area contributed by atoms with Crippen LogP contribution < -0.4 is 21.3 Å². The summed E-state index contributed by atoms with van der Waals surface area (Å²) in [4.78, 5) is 58.5. The van der Waals surface area contributed by atoms with Crippen molar-refractivity contribution in [2.45, 2.75) is 52.9 Å². The zero-order valence-electron chi connectivity index (χ0n) is 23.2. The topological polar surface area (TPSA) is 142 Å². The van der Waals surface area contributed by atoms with Crippen LogP contribution in [0.4, 0.5) is 0 Å². The summed E-state index contributed by atoms with van der Waals surface area (Å²) in [5.41, 5.74) is 2.62. The van der Waals surface area contributed by atoms with Crippen LogP contribution in [0.25, 0.3) is 0 Å². The predicted octanol–water partition coefficient (Wildman–Crippen LogP) is 2.62. The highest BCUT2D eigenvalue weighted by Gasteiger charge is 2.25. The van der Waals surface area contributed by atoms with E-state index in [1.165, 1.54) is 24.8 Å². The summed E-state index contributed by atoms with van der Waals surface area (Å²) in [6.07, 6.45) is 6.11. The van der Waals surface area contributed by atoms with Gasteiger partial charge < -0.3 is 21.3 Å². The Labute approximate surface area is 234 Å². The number of rotatable bonds is 12. The minimum Gasteiger partial charge on any atom is -0.350 e. The van der Waals surface area contributed by atoms with Crippen molar-refractivity contribution in [1.82, 2.24) is 31.2 Å². The van der Waals surface area contributed by atoms with Gasteiger partial charge in [0.15, 0.2) is 0 Å². The molecule has 2 atom stereocenters. The number of nitrogens with one attached hydrogen (secondary N) is 4. The van der Waals surface area contributed by atoms with Crippen LogP contribution in [0.5, 0.6) is 0 Å². The van der Waals surface area contributed by atoms with Crippen molar-refractivity contribution in [3.63, 3.8) is 0 Å². The van der Waals surface area contributed by atoms with E-state index in [9.17, 15) is 19.2 Å². The van der Waals surface area contributed by atoms with Crippen LogP contribution in [-0.4, -0.2) is 45.7 Å². The van der Waals surface area contributed by atoms with Crippen molar-refractivity contribution >= 4 is 23.6 Å². The van der Waals surface area contributed by atoms with E-state index in [-0.39, 0.29) is 48.6 Å². The van der Waals surface area contributed by atoms with Gasteiger partial charge in [-0.2, -0.15) is 0 Å². The summed E-state index contributed by atoms with van der Waals surface area (Å²) in [6, 6.07) is 12.5. The molecule has 2 aromatic heterocycles. The minimum absolute atomic E-state index is 0.110. The third-order valence-corrected chi connectivity index (χ3v) is 6.31. The molecule has 0 aliphatic heterocycles. The minimum atomic E-state index is -0.692. The highest BCUT2D eigenvalue weighted by molar-refractivity contribution is 5.98. The zero-order chi connectivity index (χ0) is 29.1. The van der Waals surface area contributed by atoms with Crippen LogP contribution in [0.2, 0.25) is 0 Å². The molecule has 0 unspecified atom stereocenters. The number of benzene rings is 1. The van der Waals surface area contributed by atoms with Gasteiger partial charge in [-0.15, -0.1) is 0 Å². The Kier molecular flexibility index (Phi) is 10.9. The summed E-state index contributed by atoms with van der Waals surface area (Å²) in [6.45, 7) is 8.05. The first-order chi connectivity index (χ1) is 19.2. The van der Waals surface area contributed by atoms with Crippen LogP contribution in [0.15, 0.2) is 73.3 Å². The van der Waals surface area contributed by atoms with Crippen LogP contribution >= 0.6 is 0 Å². The Morgan fingerprint density at radius 3 is 1.20 bits per heavy atom. The summed E-state index contributed by atoms with van der Waals surface area (Å²) in [5.74, 6) is -1.44. The number of amides is 4. The number of aromatic nitrogens is 2. The van der Waals surface area contributed by atoms with E-state index in [0.29, 0.717) is 11.1 Å². The standard InChI is InChI=1S/C30H36N6O4/c1-19(2)25(35-27(37)23-9-13-31-14-10-23)29(39)33-17-21-5-7-22(8-6-21)18-34-30(40)26(20(3)4)36-28(38)24-11-15-32-16-12-24/h5-16,19-20,25-26H,17-18H2,1-4H3,(H,33,39)(H,34,40)(H,35,37)(H,36,38)/t25-,26+. The number of pyridine rings is 2. The molecule has 0 spiro atoms. The van der Waals surface area contributed by atoms with E-state index in [1.54, 1.807) is 24.3 Å². The van der Waals surface area contributed by atoms with Crippen molar-refractivity contribution in [3.8, 4) is 0 Å². The van der Waals surface area contributed by atoms with E-state index in [4.69, 9.17) is 0 Å². The Bertz CT molecular complexity index is 1180. The van der Waals surface area contributed by atoms with Crippen LogP contribution in [-0.2, 0) is 22.7 Å². The van der Waals surface area contributed by atoms with Crippen molar-refractivity contribution in [1.29, 1.82) is 0 Å². The van der Waals surface area contributed by atoms with Crippen molar-refractivity contribution in [2.75, 3.05) is 0 Å². The zero-order valence-corrected chi connectivity index (χ0v) is 23.2. The van der Waals surface area contributed by atoms with Crippen molar-refractivity contribution < 1.29 is 19.2 Å². The van der Waals surface area contributed by atoms with Crippen molar-refractivity contribution in [3.05, 3.63) is 95.6 Å². The molecule has 0 fully saturated rings. The SMILES string of the molecule is CC(C)[C@H](NC(=O)c1ccncc1)C(=O)NCc1ccc(CNC(=O)[C@H](NC(=O)c2ccncc2)C(C)C)cc1. The van der Waals surface area contributed by atoms with Gasteiger partial charge in [-0.25, -0.2) is 0 Å². The highest BCUT2D eigenvalue weighted by Crippen LogP contribution is 2.09. The Balaban J connectivity index is 1.50. The maximum Gasteiger partial charge on any atom is 0.252 e. The number of carbonyl (C=O) groups is 4. The molecule has 0 saturated heterocycles. The molecule has 4 N–H and O–H groups in total. The Morgan fingerprint density at radius 1 is 0.575 bits per heavy atom.